The Balaban J connectivity index is 3.56. The maximum absolute atomic E-state index is 12.1. The van der Waals surface area contributed by atoms with Crippen LogP contribution in [0, 0.1) is 18.3 Å². The lowest BCUT2D eigenvalue weighted by Gasteiger charge is -2.13. The summed E-state index contributed by atoms with van der Waals surface area (Å²) < 4.78 is 25.2. The van der Waals surface area contributed by atoms with E-state index in [-0.39, 0.29) is 16.0 Å². The van der Waals surface area contributed by atoms with Crippen LogP contribution in [0.3, 0.4) is 0 Å². The summed E-state index contributed by atoms with van der Waals surface area (Å²) in [7, 11) is -0.846. The Morgan fingerprint density at radius 2 is 2.00 bits per heavy atom. The van der Waals surface area contributed by atoms with E-state index in [1.54, 1.807) is 6.92 Å². The minimum absolute atomic E-state index is 0.0176. The molecule has 0 spiro atoms. The van der Waals surface area contributed by atoms with Gasteiger partial charge in [-0.25, -0.2) is 17.5 Å². The molecule has 0 aliphatic carbocycles. The first kappa shape index (κ1) is 15.9. The van der Waals surface area contributed by atoms with E-state index in [0.29, 0.717) is 5.56 Å². The molecule has 0 aliphatic rings. The van der Waals surface area contributed by atoms with Gasteiger partial charge in [-0.2, -0.15) is 5.26 Å². The summed E-state index contributed by atoms with van der Waals surface area (Å²) in [6.07, 6.45) is 2.07. The molecule has 0 radical (unpaired) electrons. The van der Waals surface area contributed by atoms with Crippen molar-refractivity contribution in [1.82, 2.24) is 4.31 Å². The zero-order valence-electron chi connectivity index (χ0n) is 11.3. The van der Waals surface area contributed by atoms with Crippen molar-refractivity contribution in [3.8, 4) is 6.07 Å². The molecule has 1 rings (SSSR count). The van der Waals surface area contributed by atoms with Gasteiger partial charge >= 0.3 is 5.97 Å². The lowest BCUT2D eigenvalue weighted by atomic mass is 10.0. The van der Waals surface area contributed by atoms with Gasteiger partial charge in [-0.05, 0) is 36.3 Å². The van der Waals surface area contributed by atoms with Crippen LogP contribution in [0.1, 0.15) is 16.7 Å². The van der Waals surface area contributed by atoms with Crippen molar-refractivity contribution in [3.63, 3.8) is 0 Å². The fourth-order valence-corrected chi connectivity index (χ4v) is 2.61. The van der Waals surface area contributed by atoms with Crippen LogP contribution in [0.15, 0.2) is 23.1 Å². The normalized spacial score (nSPS) is 11.8. The third-order valence-corrected chi connectivity index (χ3v) is 4.43. The third-order valence-electron chi connectivity index (χ3n) is 2.64. The lowest BCUT2D eigenvalue weighted by molar-refractivity contribution is -0.131. The summed E-state index contributed by atoms with van der Waals surface area (Å²) in [5.41, 5.74) is 0.982. The Morgan fingerprint density at radius 1 is 1.40 bits per heavy atom. The van der Waals surface area contributed by atoms with Gasteiger partial charge in [-0.1, -0.05) is 0 Å². The van der Waals surface area contributed by atoms with Crippen LogP contribution in [0.2, 0.25) is 0 Å². The zero-order valence-corrected chi connectivity index (χ0v) is 12.1. The number of nitrogens with zero attached hydrogens (tertiary/aromatic N) is 2. The molecule has 6 nitrogen and oxygen atoms in total. The first-order chi connectivity index (χ1) is 9.20. The molecule has 1 aromatic rings. The fraction of sp³-hybridized carbons (Fsp3) is 0.231. The highest BCUT2D eigenvalue weighted by molar-refractivity contribution is 7.89. The van der Waals surface area contributed by atoms with Gasteiger partial charge in [0.05, 0.1) is 10.5 Å². The smallest absolute Gasteiger partial charge is 0.328 e. The number of aliphatic carboxylic acids is 1. The molecule has 0 amide bonds. The maximum atomic E-state index is 12.1. The van der Waals surface area contributed by atoms with Crippen molar-refractivity contribution in [2.45, 2.75) is 11.8 Å². The molecule has 106 valence electrons. The van der Waals surface area contributed by atoms with E-state index in [2.05, 4.69) is 0 Å². The molecule has 0 heterocycles. The molecule has 0 saturated heterocycles. The monoisotopic (exact) mass is 294 g/mol. The summed E-state index contributed by atoms with van der Waals surface area (Å²) in [4.78, 5) is 10.6. The predicted molar refractivity (Wildman–Crippen MR) is 73.4 cm³/mol. The molecule has 1 N–H and O–H groups in total. The quantitative estimate of drug-likeness (QED) is 0.842. The number of carboxylic acids is 1. The Morgan fingerprint density at radius 3 is 2.45 bits per heavy atom. The van der Waals surface area contributed by atoms with Crippen LogP contribution in [-0.4, -0.2) is 37.9 Å². The van der Waals surface area contributed by atoms with E-state index < -0.39 is 16.0 Å². The molecule has 0 aliphatic heterocycles. The molecule has 20 heavy (non-hydrogen) atoms. The zero-order chi connectivity index (χ0) is 15.5. The molecule has 0 aromatic heterocycles. The number of benzene rings is 1. The third kappa shape index (κ3) is 3.23. The van der Waals surface area contributed by atoms with Crippen molar-refractivity contribution >= 4 is 22.1 Å². The van der Waals surface area contributed by atoms with E-state index in [9.17, 15) is 13.2 Å². The van der Waals surface area contributed by atoms with Gasteiger partial charge in [0.1, 0.15) is 6.07 Å². The minimum Gasteiger partial charge on any atom is -0.478 e. The Hall–Kier alpha value is -2.17. The van der Waals surface area contributed by atoms with Gasteiger partial charge in [0.25, 0.3) is 0 Å². The molecule has 0 saturated carbocycles. The van der Waals surface area contributed by atoms with Crippen LogP contribution in [0.4, 0.5) is 0 Å². The topological polar surface area (TPSA) is 98.5 Å². The van der Waals surface area contributed by atoms with Crippen LogP contribution < -0.4 is 0 Å². The molecule has 7 heteroatoms. The van der Waals surface area contributed by atoms with Gasteiger partial charge in [0, 0.05) is 20.2 Å². The second-order valence-electron chi connectivity index (χ2n) is 4.28. The van der Waals surface area contributed by atoms with E-state index in [0.717, 1.165) is 10.4 Å². The van der Waals surface area contributed by atoms with Gasteiger partial charge < -0.3 is 5.11 Å². The molecule has 0 atom stereocenters. The largest absolute Gasteiger partial charge is 0.478 e. The van der Waals surface area contributed by atoms with Crippen molar-refractivity contribution in [3.05, 3.63) is 34.9 Å². The van der Waals surface area contributed by atoms with E-state index in [4.69, 9.17) is 10.4 Å². The van der Waals surface area contributed by atoms with Crippen LogP contribution >= 0.6 is 0 Å². The second-order valence-corrected chi connectivity index (χ2v) is 6.43. The molecule has 0 unspecified atom stereocenters. The second kappa shape index (κ2) is 5.86. The predicted octanol–water partition coefficient (Wildman–Crippen LogP) is 1.21. The Kier molecular flexibility index (Phi) is 4.65. The number of carbonyl (C=O) groups is 1. The highest BCUT2D eigenvalue weighted by Crippen LogP contribution is 2.22. The van der Waals surface area contributed by atoms with Gasteiger partial charge in [-0.3, -0.25) is 0 Å². The first-order valence-electron chi connectivity index (χ1n) is 5.58. The van der Waals surface area contributed by atoms with Gasteiger partial charge in [-0.15, -0.1) is 0 Å². The lowest BCUT2D eigenvalue weighted by Crippen LogP contribution is -2.22. The highest BCUT2D eigenvalue weighted by atomic mass is 32.2. The maximum Gasteiger partial charge on any atom is 0.328 e. The van der Waals surface area contributed by atoms with Crippen LogP contribution in [0.25, 0.3) is 6.08 Å². The van der Waals surface area contributed by atoms with Crippen molar-refractivity contribution in [1.29, 1.82) is 5.26 Å². The average molecular weight is 294 g/mol. The standard InChI is InChI=1S/C13H14N2O4S/c1-9-6-11(20(18,19)15(2)3)7-10(12(9)8-14)4-5-13(16)17/h4-7H,1-3H3,(H,16,17)/b5-4+. The van der Waals surface area contributed by atoms with Crippen LogP contribution in [0.5, 0.6) is 0 Å². The molecule has 1 aromatic carbocycles. The Labute approximate surface area is 117 Å². The molecular formula is C13H14N2O4S. The van der Waals surface area contributed by atoms with E-state index in [1.807, 2.05) is 6.07 Å². The van der Waals surface area contributed by atoms with Gasteiger partial charge in [0.15, 0.2) is 0 Å². The summed E-state index contributed by atoms with van der Waals surface area (Å²) in [5, 5.41) is 17.7. The molecular weight excluding hydrogens is 280 g/mol. The SMILES string of the molecule is Cc1cc(S(=O)(=O)N(C)C)cc(/C=C/C(=O)O)c1C#N. The van der Waals surface area contributed by atoms with Crippen LogP contribution in [-0.2, 0) is 14.8 Å². The van der Waals surface area contributed by atoms with Gasteiger partial charge in [0.2, 0.25) is 10.0 Å². The van der Waals surface area contributed by atoms with E-state index >= 15 is 0 Å². The number of hydrogen-bond donors (Lipinski definition) is 1. The van der Waals surface area contributed by atoms with E-state index in [1.165, 1.54) is 32.3 Å². The molecule has 0 bridgehead atoms. The number of carboxylic acid groups (broad SMARTS) is 1. The summed E-state index contributed by atoms with van der Waals surface area (Å²) >= 11 is 0. The number of rotatable bonds is 4. The van der Waals surface area contributed by atoms with Crippen molar-refractivity contribution < 1.29 is 18.3 Å². The average Bonchev–Trinajstić information content (AvgIpc) is 2.35. The summed E-state index contributed by atoms with van der Waals surface area (Å²) in [5.74, 6) is -1.17. The number of hydrogen-bond acceptors (Lipinski definition) is 4. The van der Waals surface area contributed by atoms with Crippen molar-refractivity contribution in [2.75, 3.05) is 14.1 Å². The molecule has 0 fully saturated rings. The van der Waals surface area contributed by atoms with Crippen molar-refractivity contribution in [2.24, 2.45) is 0 Å². The number of aryl methyl sites for hydroxylation is 1. The first-order valence-corrected chi connectivity index (χ1v) is 7.02. The fourth-order valence-electron chi connectivity index (χ4n) is 1.59. The number of nitriles is 1. The summed E-state index contributed by atoms with van der Waals surface area (Å²) in [6.45, 7) is 1.60. The Bertz CT molecular complexity index is 713. The highest BCUT2D eigenvalue weighted by Gasteiger charge is 2.19. The summed E-state index contributed by atoms with van der Waals surface area (Å²) in [6, 6.07) is 4.63. The minimum atomic E-state index is -3.64. The number of sulfonamides is 1.